The highest BCUT2D eigenvalue weighted by molar-refractivity contribution is 5.20. The summed E-state index contributed by atoms with van der Waals surface area (Å²) in [4.78, 5) is 23.7. The van der Waals surface area contributed by atoms with E-state index in [0.29, 0.717) is 18.4 Å². The summed E-state index contributed by atoms with van der Waals surface area (Å²) in [6.45, 7) is 3.80. The normalized spacial score (nSPS) is 9.88. The van der Waals surface area contributed by atoms with Crippen molar-refractivity contribution in [2.75, 3.05) is 0 Å². The van der Waals surface area contributed by atoms with E-state index in [2.05, 4.69) is 5.73 Å². The van der Waals surface area contributed by atoms with Gasteiger partial charge in [0.1, 0.15) is 0 Å². The first-order valence-corrected chi connectivity index (χ1v) is 5.67. The van der Waals surface area contributed by atoms with Gasteiger partial charge in [-0.3, -0.25) is 13.9 Å². The minimum Gasteiger partial charge on any atom is -0.300 e. The average molecular weight is 234 g/mol. The summed E-state index contributed by atoms with van der Waals surface area (Å²) < 4.78 is 2.69. The molecule has 0 radical (unpaired) electrons. The van der Waals surface area contributed by atoms with Crippen molar-refractivity contribution in [1.29, 1.82) is 0 Å². The molecule has 1 rings (SSSR count). The maximum atomic E-state index is 11.9. The van der Waals surface area contributed by atoms with E-state index >= 15 is 0 Å². The largest absolute Gasteiger partial charge is 0.330 e. The molecule has 4 heteroatoms. The van der Waals surface area contributed by atoms with E-state index in [1.165, 1.54) is 11.6 Å². The van der Waals surface area contributed by atoms with Crippen molar-refractivity contribution in [1.82, 2.24) is 9.13 Å². The molecule has 1 heterocycles. The zero-order valence-corrected chi connectivity index (χ0v) is 10.8. The van der Waals surface area contributed by atoms with Crippen LogP contribution >= 0.6 is 0 Å². The third-order valence-electron chi connectivity index (χ3n) is 2.82. The first kappa shape index (κ1) is 13.3. The smallest absolute Gasteiger partial charge is 0.300 e. The van der Waals surface area contributed by atoms with Gasteiger partial charge in [-0.1, -0.05) is 6.92 Å². The summed E-state index contributed by atoms with van der Waals surface area (Å²) in [5.41, 5.74) is 3.95. The molecular formula is C13H18N2O2. The number of aromatic nitrogens is 2. The quantitative estimate of drug-likeness (QED) is 0.730. The Morgan fingerprint density at radius 1 is 1.24 bits per heavy atom. The summed E-state index contributed by atoms with van der Waals surface area (Å²) in [5, 5.41) is 0. The first-order chi connectivity index (χ1) is 8.04. The average Bonchev–Trinajstić information content (AvgIpc) is 2.33. The Kier molecular flexibility index (Phi) is 4.30. The van der Waals surface area contributed by atoms with Gasteiger partial charge in [-0.25, -0.2) is 4.79 Å². The van der Waals surface area contributed by atoms with Crippen LogP contribution in [-0.4, -0.2) is 9.13 Å². The molecule has 1 aromatic rings. The Morgan fingerprint density at radius 3 is 2.41 bits per heavy atom. The van der Waals surface area contributed by atoms with Crippen molar-refractivity contribution in [3.05, 3.63) is 50.0 Å². The van der Waals surface area contributed by atoms with E-state index in [1.807, 2.05) is 19.9 Å². The van der Waals surface area contributed by atoms with Crippen LogP contribution in [0.25, 0.3) is 0 Å². The van der Waals surface area contributed by atoms with Crippen LogP contribution in [0.2, 0.25) is 0 Å². The molecule has 0 aliphatic rings. The summed E-state index contributed by atoms with van der Waals surface area (Å²) in [6.07, 6.45) is 4.80. The molecule has 1 aromatic heterocycles. The van der Waals surface area contributed by atoms with Crippen LogP contribution < -0.4 is 11.2 Å². The van der Waals surface area contributed by atoms with Gasteiger partial charge in [0.15, 0.2) is 0 Å². The standard InChI is InChI=1S/C13H18N2O2/c1-5-7-8-9-11-10(6-2)12(16)15(4)13(17)14(11)3/h5,8H,6,9H2,1-4H3. The Labute approximate surface area is 101 Å². The van der Waals surface area contributed by atoms with Gasteiger partial charge < -0.3 is 0 Å². The van der Waals surface area contributed by atoms with Crippen LogP contribution in [0.3, 0.4) is 0 Å². The summed E-state index contributed by atoms with van der Waals surface area (Å²) in [6, 6.07) is 0. The van der Waals surface area contributed by atoms with Crippen LogP contribution in [0.15, 0.2) is 27.5 Å². The zero-order chi connectivity index (χ0) is 13.0. The molecule has 0 spiro atoms. The lowest BCUT2D eigenvalue weighted by Gasteiger charge is -2.12. The monoisotopic (exact) mass is 234 g/mol. The number of nitrogens with zero attached hydrogens (tertiary/aromatic N) is 2. The van der Waals surface area contributed by atoms with Crippen LogP contribution in [0.1, 0.15) is 25.1 Å². The number of hydrogen-bond donors (Lipinski definition) is 0. The van der Waals surface area contributed by atoms with Crippen LogP contribution in [0.4, 0.5) is 0 Å². The Bertz CT molecular complexity index is 585. The lowest BCUT2D eigenvalue weighted by atomic mass is 10.1. The van der Waals surface area contributed by atoms with Crippen molar-refractivity contribution in [3.63, 3.8) is 0 Å². The lowest BCUT2D eigenvalue weighted by molar-refractivity contribution is 0.642. The molecule has 0 aliphatic carbocycles. The van der Waals surface area contributed by atoms with E-state index in [0.717, 1.165) is 10.3 Å². The Hall–Kier alpha value is -1.80. The topological polar surface area (TPSA) is 44.0 Å². The van der Waals surface area contributed by atoms with Crippen molar-refractivity contribution in [3.8, 4) is 0 Å². The van der Waals surface area contributed by atoms with E-state index in [9.17, 15) is 9.59 Å². The summed E-state index contributed by atoms with van der Waals surface area (Å²) in [7, 11) is 3.20. The zero-order valence-electron chi connectivity index (χ0n) is 10.8. The Balaban J connectivity index is 3.53. The third kappa shape index (κ3) is 2.48. The molecule has 0 aliphatic heterocycles. The maximum Gasteiger partial charge on any atom is 0.330 e. The molecule has 0 atom stereocenters. The molecule has 0 unspecified atom stereocenters. The molecule has 0 fully saturated rings. The van der Waals surface area contributed by atoms with Crippen molar-refractivity contribution in [2.45, 2.75) is 26.7 Å². The predicted octanol–water partition coefficient (Wildman–Crippen LogP) is 0.920. The second-order valence-corrected chi connectivity index (χ2v) is 3.85. The molecule has 0 amide bonds. The number of allylic oxidation sites excluding steroid dienone is 1. The molecule has 4 nitrogen and oxygen atoms in total. The highest BCUT2D eigenvalue weighted by Crippen LogP contribution is 2.03. The number of rotatable bonds is 3. The van der Waals surface area contributed by atoms with Crippen LogP contribution in [-0.2, 0) is 26.9 Å². The van der Waals surface area contributed by atoms with E-state index in [1.54, 1.807) is 13.1 Å². The third-order valence-corrected chi connectivity index (χ3v) is 2.82. The Morgan fingerprint density at radius 2 is 1.88 bits per heavy atom. The van der Waals surface area contributed by atoms with Gasteiger partial charge in [-0.05, 0) is 25.5 Å². The fraction of sp³-hybridized carbons (Fsp3) is 0.462. The molecule has 0 N–H and O–H groups in total. The molecule has 0 bridgehead atoms. The maximum absolute atomic E-state index is 11.9. The highest BCUT2D eigenvalue weighted by atomic mass is 16.2. The van der Waals surface area contributed by atoms with E-state index in [4.69, 9.17) is 0 Å². The molecule has 17 heavy (non-hydrogen) atoms. The lowest BCUT2D eigenvalue weighted by Crippen LogP contribution is -2.40. The van der Waals surface area contributed by atoms with Crippen molar-refractivity contribution < 1.29 is 0 Å². The van der Waals surface area contributed by atoms with Gasteiger partial charge in [-0.15, -0.1) is 5.73 Å². The minimum absolute atomic E-state index is 0.195. The van der Waals surface area contributed by atoms with Crippen molar-refractivity contribution >= 4 is 0 Å². The first-order valence-electron chi connectivity index (χ1n) is 5.67. The fourth-order valence-electron chi connectivity index (χ4n) is 1.84. The fourth-order valence-corrected chi connectivity index (χ4v) is 1.84. The minimum atomic E-state index is -0.281. The van der Waals surface area contributed by atoms with Gasteiger partial charge in [-0.2, -0.15) is 0 Å². The highest BCUT2D eigenvalue weighted by Gasteiger charge is 2.12. The molecular weight excluding hydrogens is 216 g/mol. The van der Waals surface area contributed by atoms with Gasteiger partial charge >= 0.3 is 5.69 Å². The van der Waals surface area contributed by atoms with Crippen LogP contribution in [0, 0.1) is 0 Å². The van der Waals surface area contributed by atoms with Gasteiger partial charge in [0.25, 0.3) is 5.56 Å². The second kappa shape index (κ2) is 5.51. The van der Waals surface area contributed by atoms with Gasteiger partial charge in [0.2, 0.25) is 0 Å². The summed E-state index contributed by atoms with van der Waals surface area (Å²) in [5.74, 6) is 0. The SMILES string of the molecule is CC=C=CCc1c(CC)c(=O)n(C)c(=O)n1C. The number of hydrogen-bond acceptors (Lipinski definition) is 2. The van der Waals surface area contributed by atoms with Gasteiger partial charge in [0, 0.05) is 31.8 Å². The second-order valence-electron chi connectivity index (χ2n) is 3.85. The molecule has 0 saturated heterocycles. The van der Waals surface area contributed by atoms with Gasteiger partial charge in [0.05, 0.1) is 0 Å². The van der Waals surface area contributed by atoms with E-state index in [-0.39, 0.29) is 11.2 Å². The van der Waals surface area contributed by atoms with Crippen molar-refractivity contribution in [2.24, 2.45) is 14.1 Å². The molecule has 0 saturated carbocycles. The molecule has 0 aromatic carbocycles. The predicted molar refractivity (Wildman–Crippen MR) is 68.3 cm³/mol. The summed E-state index contributed by atoms with van der Waals surface area (Å²) >= 11 is 0. The molecule has 92 valence electrons. The van der Waals surface area contributed by atoms with Crippen LogP contribution in [0.5, 0.6) is 0 Å². The van der Waals surface area contributed by atoms with E-state index < -0.39 is 0 Å².